The number of rotatable bonds is 6. The van der Waals surface area contributed by atoms with Gasteiger partial charge in [-0.05, 0) is 42.7 Å². The predicted molar refractivity (Wildman–Crippen MR) is 108 cm³/mol. The molecule has 27 heavy (non-hydrogen) atoms. The van der Waals surface area contributed by atoms with E-state index in [1.165, 1.54) is 0 Å². The third-order valence-electron chi connectivity index (χ3n) is 4.48. The van der Waals surface area contributed by atoms with Crippen LogP contribution in [0.25, 0.3) is 0 Å². The van der Waals surface area contributed by atoms with Crippen LogP contribution in [0.1, 0.15) is 24.8 Å². The summed E-state index contributed by atoms with van der Waals surface area (Å²) < 4.78 is 5.36. The van der Waals surface area contributed by atoms with Gasteiger partial charge in [0.1, 0.15) is 5.75 Å². The van der Waals surface area contributed by atoms with Crippen molar-refractivity contribution in [1.82, 2.24) is 0 Å². The zero-order chi connectivity index (χ0) is 19.4. The van der Waals surface area contributed by atoms with Gasteiger partial charge in [0, 0.05) is 25.1 Å². The first kappa shape index (κ1) is 19.5. The van der Waals surface area contributed by atoms with E-state index in [1.807, 2.05) is 12.1 Å². The molecule has 2 aromatic rings. The molecular weight excluding hydrogens is 387 g/mol. The fourth-order valence-corrected chi connectivity index (χ4v) is 3.51. The number of hydrogen-bond donors (Lipinski definition) is 1. The van der Waals surface area contributed by atoms with E-state index in [1.54, 1.807) is 36.3 Å². The molecule has 2 amide bonds. The van der Waals surface area contributed by atoms with Crippen molar-refractivity contribution in [2.24, 2.45) is 0 Å². The molecule has 0 radical (unpaired) electrons. The van der Waals surface area contributed by atoms with Crippen LogP contribution in [0.15, 0.2) is 36.4 Å². The molecule has 142 valence electrons. The highest BCUT2D eigenvalue weighted by Crippen LogP contribution is 2.34. The second-order valence-corrected chi connectivity index (χ2v) is 7.08. The van der Waals surface area contributed by atoms with E-state index >= 15 is 0 Å². The highest BCUT2D eigenvalue weighted by atomic mass is 35.5. The normalized spacial score (nSPS) is 13.7. The number of halogens is 2. The Morgan fingerprint density at radius 1 is 1.26 bits per heavy atom. The Labute approximate surface area is 168 Å². The fraction of sp³-hybridized carbons (Fsp3) is 0.300. The molecule has 1 aliphatic rings. The molecule has 0 saturated carbocycles. The first-order valence-corrected chi connectivity index (χ1v) is 9.46. The van der Waals surface area contributed by atoms with Gasteiger partial charge in [-0.15, -0.1) is 0 Å². The second kappa shape index (κ2) is 8.63. The first-order chi connectivity index (χ1) is 13.0. The molecule has 0 unspecified atom stereocenters. The van der Waals surface area contributed by atoms with Crippen LogP contribution in [-0.2, 0) is 16.0 Å². The average Bonchev–Trinajstić information content (AvgIpc) is 3.08. The number of carbonyl (C=O) groups is 2. The number of benzene rings is 2. The highest BCUT2D eigenvalue weighted by Gasteiger charge is 2.24. The van der Waals surface area contributed by atoms with Gasteiger partial charge < -0.3 is 15.0 Å². The molecule has 2 aromatic carbocycles. The largest absolute Gasteiger partial charge is 0.495 e. The van der Waals surface area contributed by atoms with E-state index in [0.29, 0.717) is 46.6 Å². The van der Waals surface area contributed by atoms with Crippen molar-refractivity contribution in [3.63, 3.8) is 0 Å². The van der Waals surface area contributed by atoms with Crippen LogP contribution < -0.4 is 15.0 Å². The summed E-state index contributed by atoms with van der Waals surface area (Å²) in [5.74, 6) is 0.524. The van der Waals surface area contributed by atoms with Gasteiger partial charge in [0.2, 0.25) is 11.8 Å². The van der Waals surface area contributed by atoms with Gasteiger partial charge in [-0.1, -0.05) is 35.3 Å². The molecule has 1 heterocycles. The van der Waals surface area contributed by atoms with Gasteiger partial charge in [-0.2, -0.15) is 0 Å². The number of ether oxygens (including phenoxy) is 1. The Kier molecular flexibility index (Phi) is 6.24. The lowest BCUT2D eigenvalue weighted by Gasteiger charge is -2.20. The van der Waals surface area contributed by atoms with Gasteiger partial charge in [-0.25, -0.2) is 0 Å². The van der Waals surface area contributed by atoms with E-state index < -0.39 is 0 Å². The minimum Gasteiger partial charge on any atom is -0.495 e. The number of methoxy groups -OCH3 is 1. The Morgan fingerprint density at radius 2 is 2.07 bits per heavy atom. The number of aryl methyl sites for hydroxylation is 1. The molecule has 0 aromatic heterocycles. The molecule has 1 N–H and O–H groups in total. The van der Waals surface area contributed by atoms with Gasteiger partial charge >= 0.3 is 0 Å². The Balaban J connectivity index is 1.69. The van der Waals surface area contributed by atoms with E-state index in [9.17, 15) is 9.59 Å². The van der Waals surface area contributed by atoms with Crippen molar-refractivity contribution < 1.29 is 14.3 Å². The summed E-state index contributed by atoms with van der Waals surface area (Å²) >= 11 is 12.2. The molecule has 0 bridgehead atoms. The lowest BCUT2D eigenvalue weighted by molar-refractivity contribution is -0.117. The van der Waals surface area contributed by atoms with E-state index in [-0.39, 0.29) is 18.2 Å². The summed E-state index contributed by atoms with van der Waals surface area (Å²) in [7, 11) is 1.56. The molecule has 3 rings (SSSR count). The van der Waals surface area contributed by atoms with Crippen LogP contribution in [0.5, 0.6) is 5.75 Å². The molecule has 1 fully saturated rings. The topological polar surface area (TPSA) is 58.6 Å². The summed E-state index contributed by atoms with van der Waals surface area (Å²) in [6.07, 6.45) is 2.10. The summed E-state index contributed by atoms with van der Waals surface area (Å²) in [4.78, 5) is 26.1. The molecule has 1 saturated heterocycles. The van der Waals surface area contributed by atoms with Crippen LogP contribution in [-0.4, -0.2) is 25.5 Å². The zero-order valence-electron chi connectivity index (χ0n) is 14.9. The number of anilines is 2. The Bertz CT molecular complexity index is 870. The third kappa shape index (κ3) is 4.54. The van der Waals surface area contributed by atoms with E-state index in [2.05, 4.69) is 5.32 Å². The maximum Gasteiger partial charge on any atom is 0.227 e. The van der Waals surface area contributed by atoms with Gasteiger partial charge in [0.25, 0.3) is 0 Å². The summed E-state index contributed by atoms with van der Waals surface area (Å²) in [6.45, 7) is 0.653. The minimum atomic E-state index is -0.144. The van der Waals surface area contributed by atoms with Crippen molar-refractivity contribution in [2.75, 3.05) is 23.9 Å². The molecular formula is C20H20Cl2N2O3. The molecule has 1 aliphatic heterocycles. The summed E-state index contributed by atoms with van der Waals surface area (Å²) in [5, 5.41) is 3.82. The third-order valence-corrected chi connectivity index (χ3v) is 5.34. The van der Waals surface area contributed by atoms with Crippen molar-refractivity contribution in [3.8, 4) is 5.75 Å². The second-order valence-electron chi connectivity index (χ2n) is 6.30. The van der Waals surface area contributed by atoms with Crippen molar-refractivity contribution in [3.05, 3.63) is 52.0 Å². The molecule has 5 nitrogen and oxygen atoms in total. The molecule has 0 atom stereocenters. The predicted octanol–water partition coefficient (Wildman–Crippen LogP) is 4.70. The van der Waals surface area contributed by atoms with Gasteiger partial charge in [-0.3, -0.25) is 9.59 Å². The Hall–Kier alpha value is -2.24. The number of amides is 2. The number of nitrogens with zero attached hydrogens (tertiary/aromatic N) is 1. The molecule has 7 heteroatoms. The average molecular weight is 407 g/mol. The lowest BCUT2D eigenvalue weighted by atomic mass is 10.1. The number of carbonyl (C=O) groups excluding carboxylic acids is 2. The van der Waals surface area contributed by atoms with Crippen LogP contribution >= 0.6 is 23.2 Å². The van der Waals surface area contributed by atoms with Crippen LogP contribution in [0.3, 0.4) is 0 Å². The van der Waals surface area contributed by atoms with E-state index in [0.717, 1.165) is 12.0 Å². The molecule has 0 spiro atoms. The number of nitrogens with one attached hydrogen (secondary N) is 1. The maximum absolute atomic E-state index is 12.3. The first-order valence-electron chi connectivity index (χ1n) is 8.70. The van der Waals surface area contributed by atoms with Crippen LogP contribution in [0.4, 0.5) is 11.4 Å². The zero-order valence-corrected chi connectivity index (χ0v) is 16.4. The van der Waals surface area contributed by atoms with Crippen molar-refractivity contribution in [2.45, 2.75) is 25.7 Å². The minimum absolute atomic E-state index is 0.0624. The highest BCUT2D eigenvalue weighted by molar-refractivity contribution is 6.42. The molecule has 0 aliphatic carbocycles. The Morgan fingerprint density at radius 3 is 2.78 bits per heavy atom. The monoisotopic (exact) mass is 406 g/mol. The number of hydrogen-bond acceptors (Lipinski definition) is 3. The van der Waals surface area contributed by atoms with E-state index in [4.69, 9.17) is 27.9 Å². The summed E-state index contributed by atoms with van der Waals surface area (Å²) in [5.41, 5.74) is 2.13. The standard InChI is InChI=1S/C20H20Cl2N2O3/c1-27-17-9-8-14(12-16(17)24-11-3-6-19(24)26)23-18(25)10-7-13-4-2-5-15(21)20(13)22/h2,4-5,8-9,12H,3,6-7,10-11H2,1H3,(H,23,25). The smallest absolute Gasteiger partial charge is 0.227 e. The SMILES string of the molecule is COc1ccc(NC(=O)CCc2cccc(Cl)c2Cl)cc1N1CCCC1=O. The quantitative estimate of drug-likeness (QED) is 0.755. The fourth-order valence-electron chi connectivity index (χ4n) is 3.09. The van der Waals surface area contributed by atoms with Crippen LogP contribution in [0, 0.1) is 0 Å². The van der Waals surface area contributed by atoms with Crippen LogP contribution in [0.2, 0.25) is 10.0 Å². The maximum atomic E-state index is 12.3. The van der Waals surface area contributed by atoms with Gasteiger partial charge in [0.05, 0.1) is 22.8 Å². The summed E-state index contributed by atoms with van der Waals surface area (Å²) in [6, 6.07) is 10.7. The lowest BCUT2D eigenvalue weighted by Crippen LogP contribution is -2.24. The van der Waals surface area contributed by atoms with Crippen molar-refractivity contribution in [1.29, 1.82) is 0 Å². The van der Waals surface area contributed by atoms with Crippen molar-refractivity contribution >= 4 is 46.4 Å². The van der Waals surface area contributed by atoms with Gasteiger partial charge in [0.15, 0.2) is 0 Å².